The van der Waals surface area contributed by atoms with E-state index in [1.165, 1.54) is 0 Å². The van der Waals surface area contributed by atoms with Gasteiger partial charge in [0.15, 0.2) is 0 Å². The van der Waals surface area contributed by atoms with Gasteiger partial charge in [-0.1, -0.05) is 34.8 Å². The molecule has 0 atom stereocenters. The van der Waals surface area contributed by atoms with E-state index in [0.717, 1.165) is 0 Å². The van der Waals surface area contributed by atoms with Gasteiger partial charge in [0.2, 0.25) is 0 Å². The van der Waals surface area contributed by atoms with Crippen molar-refractivity contribution in [2.24, 2.45) is 0 Å². The third kappa shape index (κ3) is 165. The van der Waals surface area contributed by atoms with E-state index >= 15 is 0 Å². The van der Waals surface area contributed by atoms with Crippen molar-refractivity contribution in [3.63, 3.8) is 0 Å². The maximum Gasteiger partial charge on any atom is 0 e. The fourth-order valence-corrected chi connectivity index (χ4v) is 0. The maximum atomic E-state index is 8.63. The van der Waals surface area contributed by atoms with Crippen molar-refractivity contribution < 1.29 is 32.7 Å². The summed E-state index contributed by atoms with van der Waals surface area (Å²) in [5, 5.41) is 8.63. The Morgan fingerprint density at radius 2 is 1.00 bits per heavy atom. The zero-order valence-electron chi connectivity index (χ0n) is 4.47. The van der Waals surface area contributed by atoms with Crippen LogP contribution in [0.2, 0.25) is 0 Å². The molecule has 0 fully saturated rings. The van der Waals surface area contributed by atoms with Crippen molar-refractivity contribution in [2.75, 3.05) is 20.0 Å². The predicted octanol–water partition coefficient (Wildman–Crippen LogP) is 2.92. The fraction of sp³-hybridized carbons (Fsp3) is 1.00. The zero-order valence-corrected chi connectivity index (χ0v) is 8.20. The van der Waals surface area contributed by atoms with Crippen molar-refractivity contribution in [1.82, 2.24) is 0 Å². The van der Waals surface area contributed by atoms with Crippen LogP contribution < -0.4 is 0 Å². The molecule has 0 spiro atoms. The monoisotopic (exact) mass is 211 g/mol. The number of hydrogen-bond acceptors (Lipinski definition) is 0. The van der Waals surface area contributed by atoms with Gasteiger partial charge in [0.25, 0.3) is 0 Å². The summed E-state index contributed by atoms with van der Waals surface area (Å²) in [5.74, 6) is 0. The molecule has 3 heteroatoms. The Morgan fingerprint density at radius 3 is 1.00 bits per heavy atom. The molecule has 0 aliphatic rings. The van der Waals surface area contributed by atoms with Gasteiger partial charge in [0.1, 0.15) is 0 Å². The topological polar surface area (TPSA) is 22.3 Å². The quantitative estimate of drug-likeness (QED) is 0.549. The molecule has 0 aliphatic heterocycles. The smallest absolute Gasteiger partial charge is 0 e. The van der Waals surface area contributed by atoms with Crippen LogP contribution in [0.4, 0.5) is 0 Å². The molecule has 1 nitrogen and oxygen atoms in total. The molecule has 0 bridgehead atoms. The largest absolute Gasteiger partial charge is 0.809 e. The summed E-state index contributed by atoms with van der Waals surface area (Å²) in [6, 6.07) is 0. The molecule has 51 valence electrons. The van der Waals surface area contributed by atoms with Gasteiger partial charge in [-0.25, -0.2) is 7.05 Å². The normalized spacial score (nSPS) is 7.38. The first-order valence-electron chi connectivity index (χ1n) is 1.54. The Balaban J connectivity index is -0.0000000267. The predicted molar refractivity (Wildman–Crippen MR) is 41.5 cm³/mol. The van der Waals surface area contributed by atoms with Crippen LogP contribution in [0.3, 0.4) is 0 Å². The van der Waals surface area contributed by atoms with Crippen LogP contribution in [0, 0.1) is 0 Å². The second-order valence-electron chi connectivity index (χ2n) is 1.94. The van der Waals surface area contributed by atoms with Crippen LogP contribution in [0.25, 0.3) is 5.16 Å². The Bertz CT molecular complexity index is 58.6. The summed E-state index contributed by atoms with van der Waals surface area (Å²) in [7, 11) is -1.39. The van der Waals surface area contributed by atoms with Crippen LogP contribution in [-0.2, 0) is 32.7 Å². The average Bonchev–Trinajstić information content (AvgIpc) is 0.722. The molecule has 0 saturated heterocycles. The molecule has 0 aromatic carbocycles. The van der Waals surface area contributed by atoms with E-state index < -0.39 is 7.05 Å². The minimum atomic E-state index is -1.39. The first-order chi connectivity index (χ1) is 2.00. The molecule has 0 aromatic rings. The van der Waals surface area contributed by atoms with Crippen LogP contribution >= 0.6 is 7.05 Å². The Kier molecular flexibility index (Phi) is 23.7. The van der Waals surface area contributed by atoms with Crippen LogP contribution in [0.15, 0.2) is 0 Å². The number of hydrogen-bond donors (Lipinski definition) is 0. The van der Waals surface area contributed by atoms with Crippen molar-refractivity contribution in [2.45, 2.75) is 14.9 Å². The standard InChI is InChI=1S/C3H9NP.2CH4.Y/c1-5(2,3)4;;;/h1-3H3;2*1H4;/q-1;;;. The van der Waals surface area contributed by atoms with Gasteiger partial charge in [0, 0.05) is 32.7 Å². The van der Waals surface area contributed by atoms with E-state index in [4.69, 9.17) is 5.16 Å². The fourth-order valence-electron chi connectivity index (χ4n) is 0. The molecule has 0 aliphatic carbocycles. The van der Waals surface area contributed by atoms with Crippen molar-refractivity contribution in [3.8, 4) is 0 Å². The first kappa shape index (κ1) is 22.8. The first-order valence-corrected chi connectivity index (χ1v) is 4.62. The summed E-state index contributed by atoms with van der Waals surface area (Å²) < 4.78 is 0. The minimum Gasteiger partial charge on any atom is -0.809 e. The molecular formula is C5H17NPY-. The summed E-state index contributed by atoms with van der Waals surface area (Å²) in [6.07, 6.45) is 0. The third-order valence-corrected chi connectivity index (χ3v) is 0. The summed E-state index contributed by atoms with van der Waals surface area (Å²) in [4.78, 5) is 0. The van der Waals surface area contributed by atoms with Gasteiger partial charge in [0.05, 0.1) is 0 Å². The second-order valence-corrected chi connectivity index (χ2v) is 5.82. The molecule has 1 radical (unpaired) electrons. The molecule has 0 saturated carbocycles. The van der Waals surface area contributed by atoms with Gasteiger partial charge in [-0.05, 0) is 0 Å². The van der Waals surface area contributed by atoms with Crippen LogP contribution in [-0.4, -0.2) is 20.0 Å². The number of rotatable bonds is 0. The van der Waals surface area contributed by atoms with E-state index in [9.17, 15) is 0 Å². The van der Waals surface area contributed by atoms with Gasteiger partial charge < -0.3 is 5.16 Å². The van der Waals surface area contributed by atoms with Crippen LogP contribution in [0.1, 0.15) is 14.9 Å². The molecule has 0 N–H and O–H groups in total. The maximum absolute atomic E-state index is 8.63. The zero-order chi connectivity index (χ0) is 4.50. The Labute approximate surface area is 79.4 Å². The van der Waals surface area contributed by atoms with E-state index in [2.05, 4.69) is 0 Å². The van der Waals surface area contributed by atoms with Crippen molar-refractivity contribution in [1.29, 1.82) is 0 Å². The molecule has 0 rings (SSSR count). The molecule has 0 amide bonds. The van der Waals surface area contributed by atoms with Crippen LogP contribution in [0.5, 0.6) is 0 Å². The van der Waals surface area contributed by atoms with Gasteiger partial charge in [-0.15, -0.1) is 0 Å². The van der Waals surface area contributed by atoms with E-state index in [1.54, 1.807) is 0 Å². The second kappa shape index (κ2) is 8.33. The Morgan fingerprint density at radius 1 is 1.00 bits per heavy atom. The van der Waals surface area contributed by atoms with E-state index in [0.29, 0.717) is 0 Å². The van der Waals surface area contributed by atoms with E-state index in [1.807, 2.05) is 20.0 Å². The van der Waals surface area contributed by atoms with Gasteiger partial charge >= 0.3 is 0 Å². The SMILES string of the molecule is C.C.CP(C)(C)=[N-].[Y]. The van der Waals surface area contributed by atoms with E-state index in [-0.39, 0.29) is 47.6 Å². The molecule has 0 aromatic heterocycles. The van der Waals surface area contributed by atoms with Crippen molar-refractivity contribution >= 4 is 7.05 Å². The summed E-state index contributed by atoms with van der Waals surface area (Å²) >= 11 is 0. The summed E-state index contributed by atoms with van der Waals surface area (Å²) in [5.41, 5.74) is 0. The Hall–Kier alpha value is 1.33. The molecular weight excluding hydrogens is 194 g/mol. The number of nitrogens with zero attached hydrogens (tertiary/aromatic N) is 1. The molecule has 0 heterocycles. The molecule has 8 heavy (non-hydrogen) atoms. The average molecular weight is 211 g/mol. The minimum absolute atomic E-state index is 0. The third-order valence-electron chi connectivity index (χ3n) is 0. The van der Waals surface area contributed by atoms with Gasteiger partial charge in [-0.2, -0.15) is 0 Å². The summed E-state index contributed by atoms with van der Waals surface area (Å²) in [6.45, 7) is 5.56. The van der Waals surface area contributed by atoms with Gasteiger partial charge in [-0.3, -0.25) is 0 Å². The van der Waals surface area contributed by atoms with Crippen molar-refractivity contribution in [3.05, 3.63) is 5.16 Å². The molecule has 0 unspecified atom stereocenters.